The highest BCUT2D eigenvalue weighted by Crippen LogP contribution is 2.23. The van der Waals surface area contributed by atoms with Crippen molar-refractivity contribution >= 4 is 39.3 Å². The average Bonchev–Trinajstić information content (AvgIpc) is 2.92. The van der Waals surface area contributed by atoms with Gasteiger partial charge in [0, 0.05) is 37.0 Å². The van der Waals surface area contributed by atoms with E-state index in [2.05, 4.69) is 24.3 Å². The average molecular weight is 453 g/mol. The first-order valence-electron chi connectivity index (χ1n) is 9.73. The highest BCUT2D eigenvalue weighted by molar-refractivity contribution is 7.89. The number of anilines is 1. The van der Waals surface area contributed by atoms with E-state index >= 15 is 0 Å². The molecule has 0 aliphatic heterocycles. The SMILES string of the molecule is Cc1nn(CC(C)C)c(Cl)c1/C=C/C(=O)Nc1ccc(S(=O)(=O)N(C)C(C)C)cc1. The van der Waals surface area contributed by atoms with Gasteiger partial charge in [-0.1, -0.05) is 25.4 Å². The molecule has 0 unspecified atom stereocenters. The highest BCUT2D eigenvalue weighted by Gasteiger charge is 2.22. The van der Waals surface area contributed by atoms with Crippen molar-refractivity contribution in [2.45, 2.75) is 52.1 Å². The number of rotatable bonds is 8. The molecule has 1 aromatic carbocycles. The second kappa shape index (κ2) is 9.76. The molecule has 9 heteroatoms. The van der Waals surface area contributed by atoms with Gasteiger partial charge in [0.2, 0.25) is 15.9 Å². The van der Waals surface area contributed by atoms with E-state index in [1.807, 2.05) is 6.92 Å². The van der Waals surface area contributed by atoms with Crippen molar-refractivity contribution in [1.29, 1.82) is 0 Å². The molecule has 1 amide bonds. The Hall–Kier alpha value is -2.16. The molecular formula is C21H29ClN4O3S. The first kappa shape index (κ1) is 24.1. The Kier molecular flexibility index (Phi) is 7.85. The Balaban J connectivity index is 2.10. The summed E-state index contributed by atoms with van der Waals surface area (Å²) in [5, 5.41) is 7.62. The van der Waals surface area contributed by atoms with Crippen LogP contribution in [-0.4, -0.2) is 41.5 Å². The first-order valence-corrected chi connectivity index (χ1v) is 11.5. The molecule has 164 valence electrons. The third-order valence-corrected chi connectivity index (χ3v) is 7.02. The molecule has 0 saturated carbocycles. The van der Waals surface area contributed by atoms with Crippen molar-refractivity contribution in [3.63, 3.8) is 0 Å². The number of carbonyl (C=O) groups excluding carboxylic acids is 1. The van der Waals surface area contributed by atoms with Crippen molar-refractivity contribution in [3.8, 4) is 0 Å². The Morgan fingerprint density at radius 2 is 1.83 bits per heavy atom. The van der Waals surface area contributed by atoms with Crippen LogP contribution in [0.3, 0.4) is 0 Å². The molecule has 0 aliphatic rings. The molecule has 0 spiro atoms. The third-order valence-electron chi connectivity index (χ3n) is 4.57. The van der Waals surface area contributed by atoms with Gasteiger partial charge in [0.15, 0.2) is 0 Å². The lowest BCUT2D eigenvalue weighted by molar-refractivity contribution is -0.111. The summed E-state index contributed by atoms with van der Waals surface area (Å²) in [6.07, 6.45) is 3.01. The number of hydrogen-bond acceptors (Lipinski definition) is 4. The molecule has 7 nitrogen and oxygen atoms in total. The van der Waals surface area contributed by atoms with Crippen LogP contribution in [0.5, 0.6) is 0 Å². The van der Waals surface area contributed by atoms with Gasteiger partial charge in [0.1, 0.15) is 5.15 Å². The maximum absolute atomic E-state index is 12.5. The fourth-order valence-corrected chi connectivity index (χ4v) is 4.39. The van der Waals surface area contributed by atoms with E-state index < -0.39 is 10.0 Å². The normalized spacial score (nSPS) is 12.5. The van der Waals surface area contributed by atoms with Crippen LogP contribution in [0.1, 0.15) is 39.0 Å². The van der Waals surface area contributed by atoms with Crippen molar-refractivity contribution in [2.75, 3.05) is 12.4 Å². The molecule has 0 saturated heterocycles. The van der Waals surface area contributed by atoms with Crippen LogP contribution in [-0.2, 0) is 21.4 Å². The minimum absolute atomic E-state index is 0.153. The number of hydrogen-bond donors (Lipinski definition) is 1. The van der Waals surface area contributed by atoms with Crippen LogP contribution in [0.4, 0.5) is 5.69 Å². The quantitative estimate of drug-likeness (QED) is 0.609. The van der Waals surface area contributed by atoms with Crippen LogP contribution in [0.15, 0.2) is 35.2 Å². The van der Waals surface area contributed by atoms with Crippen molar-refractivity contribution < 1.29 is 13.2 Å². The topological polar surface area (TPSA) is 84.3 Å². The highest BCUT2D eigenvalue weighted by atomic mass is 35.5. The summed E-state index contributed by atoms with van der Waals surface area (Å²) >= 11 is 6.38. The van der Waals surface area contributed by atoms with E-state index in [1.54, 1.807) is 36.7 Å². The van der Waals surface area contributed by atoms with Crippen molar-refractivity contribution in [2.24, 2.45) is 5.92 Å². The van der Waals surface area contributed by atoms with Gasteiger partial charge < -0.3 is 5.32 Å². The monoisotopic (exact) mass is 452 g/mol. The number of sulfonamides is 1. The number of carbonyl (C=O) groups is 1. The van der Waals surface area contributed by atoms with E-state index in [1.165, 1.54) is 29.6 Å². The zero-order valence-electron chi connectivity index (χ0n) is 18.2. The van der Waals surface area contributed by atoms with Gasteiger partial charge in [-0.15, -0.1) is 0 Å². The summed E-state index contributed by atoms with van der Waals surface area (Å²) in [6, 6.07) is 5.92. The second-order valence-corrected chi connectivity index (χ2v) is 10.2. The Labute approximate surface area is 183 Å². The Morgan fingerprint density at radius 1 is 1.23 bits per heavy atom. The lowest BCUT2D eigenvalue weighted by Gasteiger charge is -2.21. The number of halogens is 1. The molecule has 0 atom stereocenters. The summed E-state index contributed by atoms with van der Waals surface area (Å²) in [4.78, 5) is 12.5. The lowest BCUT2D eigenvalue weighted by Crippen LogP contribution is -2.33. The molecule has 0 fully saturated rings. The molecule has 30 heavy (non-hydrogen) atoms. The molecule has 1 aromatic heterocycles. The minimum atomic E-state index is -3.56. The van der Waals surface area contributed by atoms with E-state index in [4.69, 9.17) is 11.6 Å². The zero-order chi connectivity index (χ0) is 22.6. The van der Waals surface area contributed by atoms with E-state index in [0.717, 1.165) is 5.69 Å². The summed E-state index contributed by atoms with van der Waals surface area (Å²) in [5.41, 5.74) is 1.94. The van der Waals surface area contributed by atoms with Crippen LogP contribution in [0, 0.1) is 12.8 Å². The number of aryl methyl sites for hydroxylation is 1. The molecule has 1 N–H and O–H groups in total. The smallest absolute Gasteiger partial charge is 0.248 e. The van der Waals surface area contributed by atoms with Crippen LogP contribution in [0.2, 0.25) is 5.15 Å². The second-order valence-electron chi connectivity index (χ2n) is 7.83. The molecule has 0 radical (unpaired) electrons. The number of nitrogens with zero attached hydrogens (tertiary/aromatic N) is 3. The predicted molar refractivity (Wildman–Crippen MR) is 121 cm³/mol. The fraction of sp³-hybridized carbons (Fsp3) is 0.429. The predicted octanol–water partition coefficient (Wildman–Crippen LogP) is 4.18. The molecule has 2 rings (SSSR count). The van der Waals surface area contributed by atoms with Crippen LogP contribution in [0.25, 0.3) is 6.08 Å². The molecule has 0 bridgehead atoms. The Morgan fingerprint density at radius 3 is 2.37 bits per heavy atom. The molecule has 0 aliphatic carbocycles. The molecule has 1 heterocycles. The van der Waals surface area contributed by atoms with Gasteiger partial charge in [-0.3, -0.25) is 9.48 Å². The Bertz CT molecular complexity index is 1030. The largest absolute Gasteiger partial charge is 0.323 e. The number of amides is 1. The van der Waals surface area contributed by atoms with E-state index in [0.29, 0.717) is 28.9 Å². The standard InChI is InChI=1S/C21H29ClN4O3S/c1-14(2)13-26-21(22)19(16(5)24-26)11-12-20(27)23-17-7-9-18(10-8-17)30(28,29)25(6)15(3)4/h7-12,14-15H,13H2,1-6H3,(H,23,27)/b12-11+. The first-order chi connectivity index (χ1) is 13.9. The lowest BCUT2D eigenvalue weighted by atomic mass is 10.2. The van der Waals surface area contributed by atoms with Gasteiger partial charge in [0.05, 0.1) is 10.6 Å². The number of nitrogens with one attached hydrogen (secondary N) is 1. The third kappa shape index (κ3) is 5.71. The van der Waals surface area contributed by atoms with Gasteiger partial charge in [-0.25, -0.2) is 8.42 Å². The summed E-state index contributed by atoms with van der Waals surface area (Å²) < 4.78 is 28.0. The molecular weight excluding hydrogens is 424 g/mol. The van der Waals surface area contributed by atoms with Crippen molar-refractivity contribution in [3.05, 3.63) is 46.8 Å². The van der Waals surface area contributed by atoms with Crippen molar-refractivity contribution in [1.82, 2.24) is 14.1 Å². The van der Waals surface area contributed by atoms with Gasteiger partial charge >= 0.3 is 0 Å². The van der Waals surface area contributed by atoms with Crippen LogP contribution < -0.4 is 5.32 Å². The number of benzene rings is 1. The summed E-state index contributed by atoms with van der Waals surface area (Å²) in [5.74, 6) is 0.0472. The maximum atomic E-state index is 12.5. The summed E-state index contributed by atoms with van der Waals surface area (Å²) in [7, 11) is -2.02. The van der Waals surface area contributed by atoms with E-state index in [-0.39, 0.29) is 16.8 Å². The van der Waals surface area contributed by atoms with Gasteiger partial charge in [-0.05, 0) is 57.0 Å². The van der Waals surface area contributed by atoms with Gasteiger partial charge in [-0.2, -0.15) is 9.40 Å². The number of aromatic nitrogens is 2. The summed E-state index contributed by atoms with van der Waals surface area (Å²) in [6.45, 7) is 10.3. The van der Waals surface area contributed by atoms with Crippen LogP contribution >= 0.6 is 11.6 Å². The minimum Gasteiger partial charge on any atom is -0.323 e. The fourth-order valence-electron chi connectivity index (χ4n) is 2.72. The zero-order valence-corrected chi connectivity index (χ0v) is 19.8. The van der Waals surface area contributed by atoms with Gasteiger partial charge in [0.25, 0.3) is 0 Å². The van der Waals surface area contributed by atoms with E-state index in [9.17, 15) is 13.2 Å². The maximum Gasteiger partial charge on any atom is 0.248 e. The molecule has 2 aromatic rings.